The summed E-state index contributed by atoms with van der Waals surface area (Å²) in [4.78, 5) is 2.42. The Bertz CT molecular complexity index is 192. The molecule has 0 aromatic carbocycles. The molecule has 0 saturated heterocycles. The van der Waals surface area contributed by atoms with Crippen LogP contribution in [-0.2, 0) is 0 Å². The molecule has 0 bridgehead atoms. The molecule has 21 heavy (non-hydrogen) atoms. The van der Waals surface area contributed by atoms with Crippen molar-refractivity contribution in [2.24, 2.45) is 0 Å². The Kier molecular flexibility index (Phi) is 16.2. The van der Waals surface area contributed by atoms with Crippen molar-refractivity contribution in [2.75, 3.05) is 26.7 Å². The second kappa shape index (κ2) is 16.3. The van der Waals surface area contributed by atoms with E-state index in [-0.39, 0.29) is 0 Å². The van der Waals surface area contributed by atoms with Gasteiger partial charge in [0.1, 0.15) is 0 Å². The summed E-state index contributed by atoms with van der Waals surface area (Å²) in [6, 6.07) is 0.673. The Morgan fingerprint density at radius 3 is 1.71 bits per heavy atom. The number of unbranched alkanes of at least 4 members (excludes halogenated alkanes) is 9. The highest BCUT2D eigenvalue weighted by Gasteiger charge is 2.01. The van der Waals surface area contributed by atoms with Crippen LogP contribution in [0.4, 0.5) is 0 Å². The molecule has 0 aliphatic carbocycles. The quantitative estimate of drug-likeness (QED) is 0.393. The van der Waals surface area contributed by atoms with Crippen molar-refractivity contribution in [2.45, 2.75) is 97.4 Å². The molecule has 0 radical (unpaired) electrons. The fourth-order valence-electron chi connectivity index (χ4n) is 2.57. The van der Waals surface area contributed by atoms with Crippen LogP contribution in [0.3, 0.4) is 0 Å². The van der Waals surface area contributed by atoms with E-state index in [1.54, 1.807) is 0 Å². The second-order valence-corrected chi connectivity index (χ2v) is 6.86. The van der Waals surface area contributed by atoms with Crippen molar-refractivity contribution in [1.82, 2.24) is 10.2 Å². The first kappa shape index (κ1) is 20.9. The largest absolute Gasteiger partial charge is 0.317 e. The molecule has 0 saturated carbocycles. The lowest BCUT2D eigenvalue weighted by atomic mass is 10.1. The summed E-state index contributed by atoms with van der Waals surface area (Å²) in [7, 11) is 2.22. The highest BCUT2D eigenvalue weighted by Crippen LogP contribution is 2.10. The maximum absolute atomic E-state index is 3.58. The van der Waals surface area contributed by atoms with Gasteiger partial charge < -0.3 is 10.2 Å². The fraction of sp³-hybridized carbons (Fsp3) is 1.00. The van der Waals surface area contributed by atoms with Crippen molar-refractivity contribution in [3.63, 3.8) is 0 Å². The Balaban J connectivity index is 3.03. The summed E-state index contributed by atoms with van der Waals surface area (Å²) in [5.41, 5.74) is 0. The lowest BCUT2D eigenvalue weighted by Gasteiger charge is -2.20. The molecule has 0 amide bonds. The van der Waals surface area contributed by atoms with E-state index < -0.39 is 0 Å². The van der Waals surface area contributed by atoms with Crippen LogP contribution < -0.4 is 5.32 Å². The molecule has 0 unspecified atom stereocenters. The summed E-state index contributed by atoms with van der Waals surface area (Å²) in [5, 5.41) is 3.58. The van der Waals surface area contributed by atoms with Crippen molar-refractivity contribution in [3.8, 4) is 0 Å². The SMILES string of the molecule is CCCCCCCCCCCCNCCCN(C)C(C)C. The zero-order valence-electron chi connectivity index (χ0n) is 15.4. The molecule has 0 atom stereocenters. The minimum absolute atomic E-state index is 0.673. The minimum atomic E-state index is 0.673. The molecule has 0 heterocycles. The number of hydrogen-bond donors (Lipinski definition) is 1. The van der Waals surface area contributed by atoms with E-state index in [0.717, 1.165) is 0 Å². The molecule has 0 aromatic rings. The van der Waals surface area contributed by atoms with E-state index >= 15 is 0 Å². The van der Waals surface area contributed by atoms with Gasteiger partial charge in [-0.3, -0.25) is 0 Å². The van der Waals surface area contributed by atoms with Crippen LogP contribution in [0.5, 0.6) is 0 Å². The van der Waals surface area contributed by atoms with E-state index in [9.17, 15) is 0 Å². The van der Waals surface area contributed by atoms with Gasteiger partial charge in [0.25, 0.3) is 0 Å². The van der Waals surface area contributed by atoms with Gasteiger partial charge in [0, 0.05) is 6.04 Å². The van der Waals surface area contributed by atoms with Crippen LogP contribution in [-0.4, -0.2) is 37.6 Å². The molecular weight excluding hydrogens is 256 g/mol. The molecule has 0 fully saturated rings. The van der Waals surface area contributed by atoms with Gasteiger partial charge in [-0.15, -0.1) is 0 Å². The van der Waals surface area contributed by atoms with Gasteiger partial charge in [-0.1, -0.05) is 64.7 Å². The van der Waals surface area contributed by atoms with Crippen LogP contribution in [0, 0.1) is 0 Å². The lowest BCUT2D eigenvalue weighted by molar-refractivity contribution is 0.269. The van der Waals surface area contributed by atoms with Crippen molar-refractivity contribution >= 4 is 0 Å². The summed E-state index contributed by atoms with van der Waals surface area (Å²) in [6.45, 7) is 10.4. The first-order chi connectivity index (χ1) is 10.2. The topological polar surface area (TPSA) is 15.3 Å². The molecule has 0 aliphatic rings. The van der Waals surface area contributed by atoms with Crippen LogP contribution >= 0.6 is 0 Å². The molecule has 128 valence electrons. The smallest absolute Gasteiger partial charge is 0.00355 e. The third kappa shape index (κ3) is 16.1. The first-order valence-corrected chi connectivity index (χ1v) is 9.59. The summed E-state index contributed by atoms with van der Waals surface area (Å²) >= 11 is 0. The Labute approximate surface area is 135 Å². The monoisotopic (exact) mass is 298 g/mol. The Morgan fingerprint density at radius 1 is 0.714 bits per heavy atom. The molecule has 2 nitrogen and oxygen atoms in total. The third-order valence-electron chi connectivity index (χ3n) is 4.45. The van der Waals surface area contributed by atoms with Gasteiger partial charge in [-0.25, -0.2) is 0 Å². The number of nitrogens with one attached hydrogen (secondary N) is 1. The van der Waals surface area contributed by atoms with Gasteiger partial charge in [-0.2, -0.15) is 0 Å². The third-order valence-corrected chi connectivity index (χ3v) is 4.45. The second-order valence-electron chi connectivity index (χ2n) is 6.86. The minimum Gasteiger partial charge on any atom is -0.317 e. The number of nitrogens with zero attached hydrogens (tertiary/aromatic N) is 1. The zero-order chi connectivity index (χ0) is 15.8. The van der Waals surface area contributed by atoms with E-state index in [2.05, 4.69) is 38.0 Å². The van der Waals surface area contributed by atoms with E-state index in [1.165, 1.54) is 90.3 Å². The summed E-state index contributed by atoms with van der Waals surface area (Å²) < 4.78 is 0. The molecule has 2 heteroatoms. The summed E-state index contributed by atoms with van der Waals surface area (Å²) in [6.07, 6.45) is 15.5. The normalized spacial score (nSPS) is 11.7. The average molecular weight is 299 g/mol. The lowest BCUT2D eigenvalue weighted by Crippen LogP contribution is -2.29. The van der Waals surface area contributed by atoms with Gasteiger partial charge >= 0.3 is 0 Å². The van der Waals surface area contributed by atoms with Gasteiger partial charge in [0.05, 0.1) is 0 Å². The van der Waals surface area contributed by atoms with Crippen molar-refractivity contribution in [3.05, 3.63) is 0 Å². The summed E-state index contributed by atoms with van der Waals surface area (Å²) in [5.74, 6) is 0. The molecular formula is C19H42N2. The first-order valence-electron chi connectivity index (χ1n) is 9.59. The Morgan fingerprint density at radius 2 is 1.19 bits per heavy atom. The molecule has 0 aliphatic heterocycles. The van der Waals surface area contributed by atoms with E-state index in [0.29, 0.717) is 6.04 Å². The maximum atomic E-state index is 3.58. The highest BCUT2D eigenvalue weighted by atomic mass is 15.1. The van der Waals surface area contributed by atoms with Crippen molar-refractivity contribution < 1.29 is 0 Å². The molecule has 0 spiro atoms. The maximum Gasteiger partial charge on any atom is 0.00355 e. The van der Waals surface area contributed by atoms with Gasteiger partial charge in [0.15, 0.2) is 0 Å². The van der Waals surface area contributed by atoms with Gasteiger partial charge in [0.2, 0.25) is 0 Å². The zero-order valence-corrected chi connectivity index (χ0v) is 15.4. The number of hydrogen-bond acceptors (Lipinski definition) is 2. The molecule has 1 N–H and O–H groups in total. The fourth-order valence-corrected chi connectivity index (χ4v) is 2.57. The molecule has 0 aromatic heterocycles. The number of rotatable bonds is 16. The van der Waals surface area contributed by atoms with E-state index in [4.69, 9.17) is 0 Å². The predicted octanol–water partition coefficient (Wildman–Crippen LogP) is 5.23. The molecule has 0 rings (SSSR count). The van der Waals surface area contributed by atoms with Crippen LogP contribution in [0.25, 0.3) is 0 Å². The van der Waals surface area contributed by atoms with Crippen LogP contribution in [0.15, 0.2) is 0 Å². The van der Waals surface area contributed by atoms with Crippen LogP contribution in [0.2, 0.25) is 0 Å². The standard InChI is InChI=1S/C19H42N2/c1-5-6-7-8-9-10-11-12-13-14-16-20-17-15-18-21(4)19(2)3/h19-20H,5-18H2,1-4H3. The average Bonchev–Trinajstić information content (AvgIpc) is 2.47. The predicted molar refractivity (Wildman–Crippen MR) is 97.1 cm³/mol. The van der Waals surface area contributed by atoms with Crippen LogP contribution in [0.1, 0.15) is 91.4 Å². The van der Waals surface area contributed by atoms with E-state index in [1.807, 2.05) is 0 Å². The van der Waals surface area contributed by atoms with Gasteiger partial charge in [-0.05, 0) is 53.4 Å². The van der Waals surface area contributed by atoms with Crippen molar-refractivity contribution in [1.29, 1.82) is 0 Å². The Hall–Kier alpha value is -0.0800. The highest BCUT2D eigenvalue weighted by molar-refractivity contribution is 4.58.